The van der Waals surface area contributed by atoms with Gasteiger partial charge in [-0.25, -0.2) is 4.39 Å². The number of aromatic nitrogens is 3. The molecule has 27 heavy (non-hydrogen) atoms. The minimum absolute atomic E-state index is 0.0338. The molecular formula is C17H25F4N5O. The average Bonchev–Trinajstić information content (AvgIpc) is 2.60. The molecule has 0 aliphatic heterocycles. The number of rotatable bonds is 7. The zero-order chi connectivity index (χ0) is 20.2. The first-order valence-corrected chi connectivity index (χ1v) is 9.08. The summed E-state index contributed by atoms with van der Waals surface area (Å²) in [6, 6.07) is -1.87. The Labute approximate surface area is 155 Å². The quantitative estimate of drug-likeness (QED) is 0.608. The molecule has 1 unspecified atom stereocenters. The number of alkyl halides is 3. The van der Waals surface area contributed by atoms with Crippen molar-refractivity contribution in [3.63, 3.8) is 0 Å². The van der Waals surface area contributed by atoms with Crippen LogP contribution in [0.25, 0.3) is 5.57 Å². The van der Waals surface area contributed by atoms with E-state index < -0.39 is 24.1 Å². The number of hydrogen-bond acceptors (Lipinski definition) is 6. The van der Waals surface area contributed by atoms with E-state index in [0.717, 1.165) is 6.42 Å². The van der Waals surface area contributed by atoms with Gasteiger partial charge in [0.2, 0.25) is 11.9 Å². The average molecular weight is 391 g/mol. The number of hydrogen-bond donors (Lipinski definition) is 3. The molecule has 3 atom stereocenters. The number of nitrogens with zero attached hydrogens (tertiary/aromatic N) is 3. The van der Waals surface area contributed by atoms with Gasteiger partial charge in [-0.2, -0.15) is 28.1 Å². The van der Waals surface area contributed by atoms with Crippen molar-refractivity contribution < 1.29 is 22.7 Å². The van der Waals surface area contributed by atoms with Crippen LogP contribution >= 0.6 is 0 Å². The van der Waals surface area contributed by atoms with Crippen LogP contribution in [0.15, 0.2) is 5.83 Å². The van der Waals surface area contributed by atoms with Crippen LogP contribution in [0.2, 0.25) is 0 Å². The van der Waals surface area contributed by atoms with Crippen LogP contribution in [-0.4, -0.2) is 44.4 Å². The third-order valence-corrected chi connectivity index (χ3v) is 4.49. The maximum atomic E-state index is 14.3. The van der Waals surface area contributed by atoms with Gasteiger partial charge >= 0.3 is 6.18 Å². The molecule has 2 rings (SSSR count). The minimum Gasteiger partial charge on any atom is -0.386 e. The Balaban J connectivity index is 2.44. The van der Waals surface area contributed by atoms with Crippen molar-refractivity contribution in [2.75, 3.05) is 10.6 Å². The SMILES string of the molecule is CC[C@H](C)Nc1nc(N[C@H](CC)C(F)(F)F)nc(C2=C(F)C(O)CCC2)n1. The Morgan fingerprint density at radius 3 is 2.30 bits per heavy atom. The fourth-order valence-corrected chi connectivity index (χ4v) is 2.67. The van der Waals surface area contributed by atoms with Gasteiger partial charge in [-0.15, -0.1) is 0 Å². The number of anilines is 2. The third-order valence-electron chi connectivity index (χ3n) is 4.49. The van der Waals surface area contributed by atoms with Crippen molar-refractivity contribution in [1.29, 1.82) is 0 Å². The smallest absolute Gasteiger partial charge is 0.386 e. The van der Waals surface area contributed by atoms with E-state index in [0.29, 0.717) is 12.8 Å². The number of nitrogens with one attached hydrogen (secondary N) is 2. The first kappa shape index (κ1) is 21.3. The highest BCUT2D eigenvalue weighted by Gasteiger charge is 2.39. The zero-order valence-corrected chi connectivity index (χ0v) is 15.6. The first-order valence-electron chi connectivity index (χ1n) is 9.08. The molecule has 0 spiro atoms. The fourth-order valence-electron chi connectivity index (χ4n) is 2.67. The van der Waals surface area contributed by atoms with Crippen LogP contribution in [0.1, 0.15) is 58.7 Å². The van der Waals surface area contributed by atoms with Gasteiger partial charge in [-0.3, -0.25) is 0 Å². The molecule has 6 nitrogen and oxygen atoms in total. The second-order valence-corrected chi connectivity index (χ2v) is 6.64. The van der Waals surface area contributed by atoms with Crippen molar-refractivity contribution in [3.8, 4) is 0 Å². The Morgan fingerprint density at radius 2 is 1.74 bits per heavy atom. The maximum Gasteiger partial charge on any atom is 0.408 e. The van der Waals surface area contributed by atoms with Crippen molar-refractivity contribution in [3.05, 3.63) is 11.7 Å². The lowest BCUT2D eigenvalue weighted by atomic mass is 9.96. The van der Waals surface area contributed by atoms with Gasteiger partial charge in [0.15, 0.2) is 5.82 Å². The van der Waals surface area contributed by atoms with E-state index in [1.165, 1.54) is 6.92 Å². The Morgan fingerprint density at radius 1 is 1.11 bits per heavy atom. The lowest BCUT2D eigenvalue weighted by molar-refractivity contribution is -0.143. The highest BCUT2D eigenvalue weighted by atomic mass is 19.4. The fraction of sp³-hybridized carbons (Fsp3) is 0.706. The summed E-state index contributed by atoms with van der Waals surface area (Å²) < 4.78 is 53.6. The van der Waals surface area contributed by atoms with E-state index in [9.17, 15) is 22.7 Å². The summed E-state index contributed by atoms with van der Waals surface area (Å²) in [4.78, 5) is 12.2. The topological polar surface area (TPSA) is 83.0 Å². The van der Waals surface area contributed by atoms with Crippen molar-refractivity contribution in [1.82, 2.24) is 15.0 Å². The van der Waals surface area contributed by atoms with Gasteiger partial charge < -0.3 is 15.7 Å². The van der Waals surface area contributed by atoms with E-state index >= 15 is 0 Å². The number of aliphatic hydroxyl groups excluding tert-OH is 1. The molecular weight excluding hydrogens is 366 g/mol. The van der Waals surface area contributed by atoms with Gasteiger partial charge in [-0.1, -0.05) is 13.8 Å². The van der Waals surface area contributed by atoms with Crippen LogP contribution < -0.4 is 10.6 Å². The number of aliphatic hydroxyl groups is 1. The highest BCUT2D eigenvalue weighted by molar-refractivity contribution is 5.65. The largest absolute Gasteiger partial charge is 0.408 e. The van der Waals surface area contributed by atoms with Crippen LogP contribution in [-0.2, 0) is 0 Å². The molecule has 0 saturated carbocycles. The summed E-state index contributed by atoms with van der Waals surface area (Å²) in [6.07, 6.45) is -4.08. The summed E-state index contributed by atoms with van der Waals surface area (Å²) in [7, 11) is 0. The molecule has 1 aliphatic rings. The highest BCUT2D eigenvalue weighted by Crippen LogP contribution is 2.33. The summed E-state index contributed by atoms with van der Waals surface area (Å²) in [5, 5.41) is 15.0. The van der Waals surface area contributed by atoms with Crippen LogP contribution in [0.5, 0.6) is 0 Å². The van der Waals surface area contributed by atoms with Crippen molar-refractivity contribution >= 4 is 17.5 Å². The van der Waals surface area contributed by atoms with Crippen LogP contribution in [0.4, 0.5) is 29.5 Å². The predicted octanol–water partition coefficient (Wildman–Crippen LogP) is 4.06. The van der Waals surface area contributed by atoms with Gasteiger partial charge in [0.05, 0.1) is 0 Å². The van der Waals surface area contributed by atoms with Gasteiger partial charge in [0, 0.05) is 11.6 Å². The molecule has 0 fully saturated rings. The van der Waals surface area contributed by atoms with E-state index in [1.54, 1.807) is 0 Å². The van der Waals surface area contributed by atoms with E-state index in [1.807, 2.05) is 13.8 Å². The van der Waals surface area contributed by atoms with E-state index in [2.05, 4.69) is 25.6 Å². The standard InChI is InChI=1S/C17H25F4N5O/c1-4-9(3)22-15-24-14(10-7-6-8-11(27)13(10)18)25-16(26-15)23-12(5-2)17(19,20)21/h9,11-12,27H,4-8H2,1-3H3,(H2,22,23,24,25,26)/t9-,11?,12+/m0/s1. The van der Waals surface area contributed by atoms with Gasteiger partial charge in [0.25, 0.3) is 0 Å². The Bertz CT molecular complexity index is 680. The minimum atomic E-state index is -4.47. The zero-order valence-electron chi connectivity index (χ0n) is 15.6. The second kappa shape index (κ2) is 8.81. The predicted molar refractivity (Wildman–Crippen MR) is 94.8 cm³/mol. The summed E-state index contributed by atoms with van der Waals surface area (Å²) in [5.74, 6) is -1.02. The van der Waals surface area contributed by atoms with Gasteiger partial charge in [-0.05, 0) is 39.0 Å². The molecule has 1 heterocycles. The normalized spacial score (nSPS) is 20.4. The molecule has 0 aromatic carbocycles. The lowest BCUT2D eigenvalue weighted by Crippen LogP contribution is -2.36. The monoisotopic (exact) mass is 391 g/mol. The molecule has 0 saturated heterocycles. The molecule has 0 bridgehead atoms. The van der Waals surface area contributed by atoms with E-state index in [-0.39, 0.29) is 42.2 Å². The van der Waals surface area contributed by atoms with Crippen molar-refractivity contribution in [2.45, 2.75) is 77.2 Å². The Kier molecular flexibility index (Phi) is 6.96. The number of allylic oxidation sites excluding steroid dienone is 1. The molecule has 1 aromatic rings. The lowest BCUT2D eigenvalue weighted by Gasteiger charge is -2.22. The molecule has 10 heteroatoms. The van der Waals surface area contributed by atoms with Gasteiger partial charge in [0.1, 0.15) is 18.0 Å². The summed E-state index contributed by atoms with van der Waals surface area (Å²) in [5.41, 5.74) is 0.103. The maximum absolute atomic E-state index is 14.3. The first-order chi connectivity index (χ1) is 12.7. The third kappa shape index (κ3) is 5.50. The van der Waals surface area contributed by atoms with Crippen LogP contribution in [0.3, 0.4) is 0 Å². The summed E-state index contributed by atoms with van der Waals surface area (Å²) in [6.45, 7) is 5.19. The Hall–Kier alpha value is -1.97. The molecule has 3 N–H and O–H groups in total. The van der Waals surface area contributed by atoms with Crippen LogP contribution in [0, 0.1) is 0 Å². The summed E-state index contributed by atoms with van der Waals surface area (Å²) >= 11 is 0. The second-order valence-electron chi connectivity index (χ2n) is 6.64. The molecule has 0 amide bonds. The van der Waals surface area contributed by atoms with Crippen molar-refractivity contribution in [2.24, 2.45) is 0 Å². The molecule has 1 aliphatic carbocycles. The molecule has 152 valence electrons. The number of halogens is 4. The van der Waals surface area contributed by atoms with E-state index in [4.69, 9.17) is 0 Å². The molecule has 1 aromatic heterocycles. The molecule has 0 radical (unpaired) electrons.